The molecule has 0 saturated carbocycles. The highest BCUT2D eigenvalue weighted by molar-refractivity contribution is 5.72. The lowest BCUT2D eigenvalue weighted by Gasteiger charge is -2.22. The van der Waals surface area contributed by atoms with Gasteiger partial charge in [-0.1, -0.05) is 0 Å². The minimum Gasteiger partial charge on any atom is -0.444 e. The highest BCUT2D eigenvalue weighted by atomic mass is 16.6. The van der Waals surface area contributed by atoms with Crippen LogP contribution in [-0.4, -0.2) is 42.0 Å². The number of nitrogens with two attached hydrogens (primary N) is 1. The Morgan fingerprint density at radius 1 is 1.44 bits per heavy atom. The van der Waals surface area contributed by atoms with Crippen molar-refractivity contribution in [3.63, 3.8) is 0 Å². The Balaban J connectivity index is 4.02. The first-order valence-corrected chi connectivity index (χ1v) is 4.88. The maximum Gasteiger partial charge on any atom is 0.408 e. The fraction of sp³-hybridized carbons (Fsp3) is 0.778. The molecule has 7 heteroatoms. The number of primary amides is 1. The summed E-state index contributed by atoms with van der Waals surface area (Å²) in [6.07, 6.45) is -0.655. The Morgan fingerprint density at radius 2 is 2.00 bits per heavy atom. The van der Waals surface area contributed by atoms with E-state index in [-0.39, 0.29) is 13.2 Å². The number of carbonyl (C=O) groups is 2. The van der Waals surface area contributed by atoms with Crippen LogP contribution in [0.1, 0.15) is 20.8 Å². The molecule has 0 aliphatic heterocycles. The number of aliphatic hydroxyl groups excluding tert-OH is 1. The van der Waals surface area contributed by atoms with Gasteiger partial charge in [-0.05, 0) is 20.8 Å². The number of hydrogen-bond donors (Lipinski definition) is 4. The molecule has 0 spiro atoms. The first-order valence-electron chi connectivity index (χ1n) is 4.88. The quantitative estimate of drug-likeness (QED) is 0.526. The number of nitrogens with one attached hydrogen (secondary N) is 2. The molecule has 0 bridgehead atoms. The molecular formula is C9H19N3O4. The summed E-state index contributed by atoms with van der Waals surface area (Å²) in [7, 11) is 0. The van der Waals surface area contributed by atoms with E-state index in [0.717, 1.165) is 0 Å². The van der Waals surface area contributed by atoms with Crippen LogP contribution in [0.4, 0.5) is 9.59 Å². The molecule has 0 aromatic carbocycles. The third-order valence-electron chi connectivity index (χ3n) is 1.46. The fourth-order valence-corrected chi connectivity index (χ4v) is 0.859. The van der Waals surface area contributed by atoms with Crippen molar-refractivity contribution in [3.05, 3.63) is 0 Å². The molecule has 0 heterocycles. The van der Waals surface area contributed by atoms with Crippen molar-refractivity contribution < 1.29 is 19.4 Å². The first kappa shape index (κ1) is 14.5. The minimum absolute atomic E-state index is 0.0467. The molecule has 0 unspecified atom stereocenters. The molecule has 0 radical (unpaired) electrons. The van der Waals surface area contributed by atoms with E-state index in [1.807, 2.05) is 0 Å². The monoisotopic (exact) mass is 233 g/mol. The zero-order valence-corrected chi connectivity index (χ0v) is 9.74. The summed E-state index contributed by atoms with van der Waals surface area (Å²) in [6.45, 7) is 4.90. The van der Waals surface area contributed by atoms with Gasteiger partial charge in [0.05, 0.1) is 12.6 Å². The average molecular weight is 233 g/mol. The third kappa shape index (κ3) is 7.86. The van der Waals surface area contributed by atoms with Gasteiger partial charge in [0, 0.05) is 6.54 Å². The zero-order chi connectivity index (χ0) is 12.8. The number of hydrogen-bond acceptors (Lipinski definition) is 4. The molecule has 7 nitrogen and oxygen atoms in total. The Kier molecular flexibility index (Phi) is 5.59. The van der Waals surface area contributed by atoms with E-state index in [1.54, 1.807) is 20.8 Å². The van der Waals surface area contributed by atoms with Gasteiger partial charge in [-0.3, -0.25) is 0 Å². The van der Waals surface area contributed by atoms with Crippen LogP contribution in [0, 0.1) is 0 Å². The molecular weight excluding hydrogens is 214 g/mol. The maximum absolute atomic E-state index is 11.3. The van der Waals surface area contributed by atoms with Gasteiger partial charge >= 0.3 is 12.1 Å². The van der Waals surface area contributed by atoms with Crippen LogP contribution < -0.4 is 16.4 Å². The number of aliphatic hydroxyl groups is 1. The van der Waals surface area contributed by atoms with Crippen LogP contribution in [-0.2, 0) is 4.74 Å². The minimum atomic E-state index is -0.718. The number of carbonyl (C=O) groups excluding carboxylic acids is 2. The second-order valence-electron chi connectivity index (χ2n) is 4.27. The summed E-state index contributed by atoms with van der Waals surface area (Å²) in [5.74, 6) is 0. The number of urea groups is 1. The highest BCUT2D eigenvalue weighted by Gasteiger charge is 2.19. The Labute approximate surface area is 94.3 Å². The van der Waals surface area contributed by atoms with Crippen LogP contribution >= 0.6 is 0 Å². The van der Waals surface area contributed by atoms with E-state index >= 15 is 0 Å². The third-order valence-corrected chi connectivity index (χ3v) is 1.46. The van der Waals surface area contributed by atoms with Crippen molar-refractivity contribution in [2.24, 2.45) is 5.73 Å². The van der Waals surface area contributed by atoms with Gasteiger partial charge in [-0.15, -0.1) is 0 Å². The predicted octanol–water partition coefficient (Wildman–Crippen LogP) is -0.460. The van der Waals surface area contributed by atoms with Crippen LogP contribution in [0.25, 0.3) is 0 Å². The summed E-state index contributed by atoms with van der Waals surface area (Å²) in [4.78, 5) is 21.7. The Morgan fingerprint density at radius 3 is 2.38 bits per heavy atom. The van der Waals surface area contributed by atoms with Gasteiger partial charge in [-0.25, -0.2) is 9.59 Å². The molecule has 94 valence electrons. The van der Waals surface area contributed by atoms with Gasteiger partial charge in [0.2, 0.25) is 0 Å². The van der Waals surface area contributed by atoms with E-state index in [9.17, 15) is 9.59 Å². The number of alkyl carbamates (subject to hydrolysis) is 1. The number of ether oxygens (including phenoxy) is 1. The van der Waals surface area contributed by atoms with Gasteiger partial charge < -0.3 is 26.2 Å². The molecule has 0 aliphatic carbocycles. The molecule has 3 amide bonds. The van der Waals surface area contributed by atoms with E-state index in [1.165, 1.54) is 0 Å². The molecule has 5 N–H and O–H groups in total. The van der Waals surface area contributed by atoms with Crippen LogP contribution in [0.3, 0.4) is 0 Å². The van der Waals surface area contributed by atoms with Gasteiger partial charge in [0.25, 0.3) is 0 Å². The fourth-order valence-electron chi connectivity index (χ4n) is 0.859. The summed E-state index contributed by atoms with van der Waals surface area (Å²) >= 11 is 0. The second-order valence-corrected chi connectivity index (χ2v) is 4.27. The lowest BCUT2D eigenvalue weighted by molar-refractivity contribution is 0.0483. The summed E-state index contributed by atoms with van der Waals surface area (Å²) in [6, 6.07) is -1.34. The largest absolute Gasteiger partial charge is 0.444 e. The van der Waals surface area contributed by atoms with Crippen LogP contribution in [0.2, 0.25) is 0 Å². The van der Waals surface area contributed by atoms with E-state index in [2.05, 4.69) is 10.6 Å². The van der Waals surface area contributed by atoms with Crippen LogP contribution in [0.5, 0.6) is 0 Å². The Bertz CT molecular complexity index is 250. The molecule has 0 saturated heterocycles. The van der Waals surface area contributed by atoms with Crippen molar-refractivity contribution in [1.82, 2.24) is 10.6 Å². The smallest absolute Gasteiger partial charge is 0.408 e. The molecule has 0 aliphatic rings. The van der Waals surface area contributed by atoms with E-state index in [4.69, 9.17) is 15.6 Å². The molecule has 0 rings (SSSR count). The molecule has 0 aromatic heterocycles. The second kappa shape index (κ2) is 6.16. The summed E-state index contributed by atoms with van der Waals surface area (Å²) in [5, 5.41) is 13.6. The molecule has 16 heavy (non-hydrogen) atoms. The standard InChI is InChI=1S/C9H19N3O4/c1-9(2,3)16-8(15)12-6(5-13)4-11-7(10)14/h6,13H,4-5H2,1-3H3,(H,12,15)(H3,10,11,14)/t6-/m1/s1. The summed E-state index contributed by atoms with van der Waals surface area (Å²) < 4.78 is 4.97. The normalized spacial score (nSPS) is 12.8. The van der Waals surface area contributed by atoms with Crippen molar-refractivity contribution in [1.29, 1.82) is 0 Å². The lowest BCUT2D eigenvalue weighted by atomic mass is 10.2. The van der Waals surface area contributed by atoms with E-state index < -0.39 is 23.8 Å². The number of amides is 3. The van der Waals surface area contributed by atoms with Crippen LogP contribution in [0.15, 0.2) is 0 Å². The SMILES string of the molecule is CC(C)(C)OC(=O)N[C@@H](CO)CNC(N)=O. The lowest BCUT2D eigenvalue weighted by Crippen LogP contribution is -2.48. The maximum atomic E-state index is 11.3. The van der Waals surface area contributed by atoms with Gasteiger partial charge in [0.15, 0.2) is 0 Å². The zero-order valence-electron chi connectivity index (χ0n) is 9.74. The van der Waals surface area contributed by atoms with Crippen molar-refractivity contribution in [2.45, 2.75) is 32.4 Å². The van der Waals surface area contributed by atoms with Crippen molar-refractivity contribution in [3.8, 4) is 0 Å². The Hall–Kier alpha value is -1.50. The van der Waals surface area contributed by atoms with Crippen molar-refractivity contribution in [2.75, 3.05) is 13.2 Å². The topological polar surface area (TPSA) is 114 Å². The summed E-state index contributed by atoms with van der Waals surface area (Å²) in [5.41, 5.74) is 4.24. The van der Waals surface area contributed by atoms with Crippen molar-refractivity contribution >= 4 is 12.1 Å². The van der Waals surface area contributed by atoms with E-state index in [0.29, 0.717) is 0 Å². The average Bonchev–Trinajstić information content (AvgIpc) is 2.08. The first-order chi connectivity index (χ1) is 7.24. The molecule has 1 atom stereocenters. The number of rotatable bonds is 4. The predicted molar refractivity (Wildman–Crippen MR) is 57.8 cm³/mol. The highest BCUT2D eigenvalue weighted by Crippen LogP contribution is 2.06. The van der Waals surface area contributed by atoms with Gasteiger partial charge in [0.1, 0.15) is 5.60 Å². The molecule has 0 aromatic rings. The molecule has 0 fully saturated rings. The van der Waals surface area contributed by atoms with Gasteiger partial charge in [-0.2, -0.15) is 0 Å².